The second-order valence-corrected chi connectivity index (χ2v) is 4.84. The van der Waals surface area contributed by atoms with E-state index >= 15 is 0 Å². The van der Waals surface area contributed by atoms with Crippen LogP contribution in [0.3, 0.4) is 0 Å². The minimum absolute atomic E-state index is 0.168. The summed E-state index contributed by atoms with van der Waals surface area (Å²) in [7, 11) is 1.81. The van der Waals surface area contributed by atoms with Gasteiger partial charge in [0.05, 0.1) is 27.1 Å². The van der Waals surface area contributed by atoms with Crippen molar-refractivity contribution >= 4 is 27.3 Å². The molecule has 1 heterocycles. The lowest BCUT2D eigenvalue weighted by atomic mass is 10.2. The lowest BCUT2D eigenvalue weighted by molar-refractivity contribution is 0.624. The average Bonchev–Trinajstić information content (AvgIpc) is 2.75. The van der Waals surface area contributed by atoms with Crippen molar-refractivity contribution in [3.05, 3.63) is 39.9 Å². The zero-order valence-electron chi connectivity index (χ0n) is 10.5. The number of aryl methyl sites for hydroxylation is 2. The number of rotatable bonds is 3. The van der Waals surface area contributed by atoms with Gasteiger partial charge in [0.15, 0.2) is 5.82 Å². The number of benzene rings is 1. The smallest absolute Gasteiger partial charge is 0.162 e. The van der Waals surface area contributed by atoms with Crippen LogP contribution in [0.4, 0.5) is 15.8 Å². The topological polar surface area (TPSA) is 53.6 Å². The third kappa shape index (κ3) is 2.61. The highest BCUT2D eigenvalue weighted by molar-refractivity contribution is 9.10. The summed E-state index contributed by atoms with van der Waals surface area (Å²) in [5.74, 6) is -0.482. The Kier molecular flexibility index (Phi) is 3.86. The number of anilines is 2. The van der Waals surface area contributed by atoms with E-state index in [1.54, 1.807) is 23.0 Å². The molecule has 2 aromatic rings. The molecule has 0 bridgehead atoms. The molecule has 6 heteroatoms. The number of nitrogens with one attached hydrogen (secondary N) is 1. The summed E-state index contributed by atoms with van der Waals surface area (Å²) in [5, 5.41) is 16.1. The molecule has 19 heavy (non-hydrogen) atoms. The van der Waals surface area contributed by atoms with Crippen LogP contribution in [-0.4, -0.2) is 9.78 Å². The predicted molar refractivity (Wildman–Crippen MR) is 74.7 cm³/mol. The molecule has 1 N–H and O–H groups in total. The Morgan fingerprint density at radius 3 is 2.84 bits per heavy atom. The molecule has 1 aromatic heterocycles. The molecule has 0 amide bonds. The van der Waals surface area contributed by atoms with Gasteiger partial charge in [-0.05, 0) is 34.5 Å². The van der Waals surface area contributed by atoms with Gasteiger partial charge in [-0.15, -0.1) is 0 Å². The zero-order valence-corrected chi connectivity index (χ0v) is 12.1. The molecule has 0 spiro atoms. The van der Waals surface area contributed by atoms with Crippen LogP contribution < -0.4 is 5.32 Å². The summed E-state index contributed by atoms with van der Waals surface area (Å²) in [5.41, 5.74) is 2.21. The molecule has 0 atom stereocenters. The standard InChI is InChI=1S/C13H12BrFN4/c1-3-9-11(7-19(2)18-9)17-10-5-4-8(6-16)12(14)13(10)15/h4-5,7,17H,3H2,1-2H3. The van der Waals surface area contributed by atoms with Crippen molar-refractivity contribution in [3.63, 3.8) is 0 Å². The Bertz CT molecular complexity index is 657. The number of nitrogens with zero attached hydrogens (tertiary/aromatic N) is 3. The molecule has 98 valence electrons. The maximum Gasteiger partial charge on any atom is 0.162 e. The minimum atomic E-state index is -0.482. The van der Waals surface area contributed by atoms with E-state index in [0.29, 0.717) is 5.69 Å². The lowest BCUT2D eigenvalue weighted by Crippen LogP contribution is -1.97. The molecule has 0 aliphatic rings. The molecule has 0 saturated carbocycles. The molecular weight excluding hydrogens is 311 g/mol. The fourth-order valence-corrected chi connectivity index (χ4v) is 2.21. The van der Waals surface area contributed by atoms with Crippen LogP contribution in [0.15, 0.2) is 22.8 Å². The Hall–Kier alpha value is -1.87. The van der Waals surface area contributed by atoms with Crippen LogP contribution in [0, 0.1) is 17.1 Å². The van der Waals surface area contributed by atoms with Gasteiger partial charge in [0.1, 0.15) is 6.07 Å². The quantitative estimate of drug-likeness (QED) is 0.940. The summed E-state index contributed by atoms with van der Waals surface area (Å²) in [6, 6.07) is 5.04. The molecule has 4 nitrogen and oxygen atoms in total. The first kappa shape index (κ1) is 13.6. The molecule has 2 rings (SSSR count). The Morgan fingerprint density at radius 1 is 1.47 bits per heavy atom. The van der Waals surface area contributed by atoms with Gasteiger partial charge in [-0.25, -0.2) is 4.39 Å². The average molecular weight is 323 g/mol. The van der Waals surface area contributed by atoms with E-state index in [0.717, 1.165) is 17.8 Å². The van der Waals surface area contributed by atoms with Gasteiger partial charge in [-0.3, -0.25) is 4.68 Å². The number of nitriles is 1. The predicted octanol–water partition coefficient (Wildman–Crippen LogP) is 3.50. The first-order chi connectivity index (χ1) is 9.06. The first-order valence-corrected chi connectivity index (χ1v) is 6.53. The Balaban J connectivity index is 2.39. The van der Waals surface area contributed by atoms with E-state index in [4.69, 9.17) is 5.26 Å². The fourth-order valence-electron chi connectivity index (χ4n) is 1.78. The fraction of sp³-hybridized carbons (Fsp3) is 0.231. The molecule has 0 fully saturated rings. The lowest BCUT2D eigenvalue weighted by Gasteiger charge is -2.08. The van der Waals surface area contributed by atoms with Crippen LogP contribution in [0.5, 0.6) is 0 Å². The maximum atomic E-state index is 14.1. The second kappa shape index (κ2) is 5.41. The molecule has 1 aromatic carbocycles. The van der Waals surface area contributed by atoms with E-state index in [9.17, 15) is 4.39 Å². The molecule has 0 aliphatic carbocycles. The number of aromatic nitrogens is 2. The molecule has 0 radical (unpaired) electrons. The van der Waals surface area contributed by atoms with Gasteiger partial charge in [-0.1, -0.05) is 6.92 Å². The van der Waals surface area contributed by atoms with Gasteiger partial charge < -0.3 is 5.32 Å². The zero-order chi connectivity index (χ0) is 14.0. The van der Waals surface area contributed by atoms with Crippen LogP contribution in [0.2, 0.25) is 0 Å². The van der Waals surface area contributed by atoms with E-state index in [2.05, 4.69) is 26.3 Å². The normalized spacial score (nSPS) is 10.3. The molecule has 0 unspecified atom stereocenters. The first-order valence-electron chi connectivity index (χ1n) is 5.74. The van der Waals surface area contributed by atoms with Gasteiger partial charge in [0, 0.05) is 13.2 Å². The van der Waals surface area contributed by atoms with Crippen LogP contribution in [0.25, 0.3) is 0 Å². The van der Waals surface area contributed by atoms with Crippen molar-refractivity contribution < 1.29 is 4.39 Å². The minimum Gasteiger partial charge on any atom is -0.350 e. The van der Waals surface area contributed by atoms with E-state index in [-0.39, 0.29) is 10.0 Å². The van der Waals surface area contributed by atoms with Crippen molar-refractivity contribution in [2.45, 2.75) is 13.3 Å². The van der Waals surface area contributed by atoms with Crippen molar-refractivity contribution in [3.8, 4) is 6.07 Å². The largest absolute Gasteiger partial charge is 0.350 e. The Morgan fingerprint density at radius 2 is 2.21 bits per heavy atom. The van der Waals surface area contributed by atoms with Gasteiger partial charge in [-0.2, -0.15) is 10.4 Å². The summed E-state index contributed by atoms with van der Waals surface area (Å²) in [6.07, 6.45) is 2.55. The maximum absolute atomic E-state index is 14.1. The second-order valence-electron chi connectivity index (χ2n) is 4.04. The van der Waals surface area contributed by atoms with E-state index in [1.165, 1.54) is 0 Å². The Labute approximate surface area is 119 Å². The van der Waals surface area contributed by atoms with Gasteiger partial charge >= 0.3 is 0 Å². The summed E-state index contributed by atoms with van der Waals surface area (Å²) >= 11 is 3.09. The number of hydrogen-bond donors (Lipinski definition) is 1. The van der Waals surface area contributed by atoms with Crippen LogP contribution in [0.1, 0.15) is 18.2 Å². The van der Waals surface area contributed by atoms with Crippen LogP contribution in [-0.2, 0) is 13.5 Å². The van der Waals surface area contributed by atoms with Crippen molar-refractivity contribution in [2.24, 2.45) is 7.05 Å². The summed E-state index contributed by atoms with van der Waals surface area (Å²) in [6.45, 7) is 1.98. The van der Waals surface area contributed by atoms with E-state index in [1.807, 2.05) is 20.0 Å². The highest BCUT2D eigenvalue weighted by Gasteiger charge is 2.13. The molecular formula is C13H12BrFN4. The van der Waals surface area contributed by atoms with Gasteiger partial charge in [0.25, 0.3) is 0 Å². The highest BCUT2D eigenvalue weighted by Crippen LogP contribution is 2.29. The molecule has 0 saturated heterocycles. The number of hydrogen-bond acceptors (Lipinski definition) is 3. The van der Waals surface area contributed by atoms with Crippen molar-refractivity contribution in [1.82, 2.24) is 9.78 Å². The number of halogens is 2. The monoisotopic (exact) mass is 322 g/mol. The third-order valence-electron chi connectivity index (χ3n) is 2.71. The van der Waals surface area contributed by atoms with Crippen molar-refractivity contribution in [2.75, 3.05) is 5.32 Å². The van der Waals surface area contributed by atoms with Crippen molar-refractivity contribution in [1.29, 1.82) is 5.26 Å². The SMILES string of the molecule is CCc1nn(C)cc1Nc1ccc(C#N)c(Br)c1F. The third-order valence-corrected chi connectivity index (χ3v) is 3.49. The summed E-state index contributed by atoms with van der Waals surface area (Å²) in [4.78, 5) is 0. The van der Waals surface area contributed by atoms with Crippen LogP contribution >= 0.6 is 15.9 Å². The summed E-state index contributed by atoms with van der Waals surface area (Å²) < 4.78 is 15.9. The van der Waals surface area contributed by atoms with E-state index < -0.39 is 5.82 Å². The highest BCUT2D eigenvalue weighted by atomic mass is 79.9. The van der Waals surface area contributed by atoms with Gasteiger partial charge in [0.2, 0.25) is 0 Å². The molecule has 0 aliphatic heterocycles.